The van der Waals surface area contributed by atoms with Crippen LogP contribution in [-0.2, 0) is 16.0 Å². The maximum absolute atomic E-state index is 12.9. The van der Waals surface area contributed by atoms with Gasteiger partial charge in [-0.3, -0.25) is 9.59 Å². The standard InChI is InChI=1S/C24H28N4O3/c1-16(29)27-11-5-7-18(13-27)20-8-4-10-25-23(20)31-19-14-28(15-19)24(30)22-12-17-6-2-3-9-21(17)26-22/h2-4,6,8-10,18-19,22,26H,5,7,11-15H2,1H3/t18-,22?/m0/s1. The van der Waals surface area contributed by atoms with Crippen molar-refractivity contribution in [2.24, 2.45) is 0 Å². The lowest BCUT2D eigenvalue weighted by Crippen LogP contribution is -2.59. The van der Waals surface area contributed by atoms with Crippen LogP contribution < -0.4 is 10.1 Å². The van der Waals surface area contributed by atoms with Crippen LogP contribution in [0.1, 0.15) is 36.8 Å². The van der Waals surface area contributed by atoms with E-state index in [4.69, 9.17) is 4.74 Å². The molecule has 0 bridgehead atoms. The van der Waals surface area contributed by atoms with Gasteiger partial charge in [-0.15, -0.1) is 0 Å². The summed E-state index contributed by atoms with van der Waals surface area (Å²) < 4.78 is 6.21. The Morgan fingerprint density at radius 1 is 1.10 bits per heavy atom. The summed E-state index contributed by atoms with van der Waals surface area (Å²) >= 11 is 0. The molecule has 2 aromatic rings. The summed E-state index contributed by atoms with van der Waals surface area (Å²) in [5.74, 6) is 1.12. The summed E-state index contributed by atoms with van der Waals surface area (Å²) in [7, 11) is 0. The van der Waals surface area contributed by atoms with Gasteiger partial charge in [-0.2, -0.15) is 0 Å². The van der Waals surface area contributed by atoms with Gasteiger partial charge in [0.15, 0.2) is 0 Å². The Bertz CT molecular complexity index is 963. The second-order valence-corrected chi connectivity index (χ2v) is 8.74. The van der Waals surface area contributed by atoms with Gasteiger partial charge in [0.25, 0.3) is 0 Å². The Hall–Kier alpha value is -3.09. The third kappa shape index (κ3) is 3.96. The van der Waals surface area contributed by atoms with E-state index in [1.54, 1.807) is 13.1 Å². The minimum absolute atomic E-state index is 0.0473. The predicted octanol–water partition coefficient (Wildman–Crippen LogP) is 2.43. The number of hydrogen-bond donors (Lipinski definition) is 1. The molecule has 2 amide bonds. The predicted molar refractivity (Wildman–Crippen MR) is 117 cm³/mol. The lowest BCUT2D eigenvalue weighted by Gasteiger charge is -2.40. The SMILES string of the molecule is CC(=O)N1CCC[C@H](c2cccnc2OC2CN(C(=O)C3Cc4ccccc4N3)C2)C1. The van der Waals surface area contributed by atoms with Crippen LogP contribution in [0.15, 0.2) is 42.6 Å². The summed E-state index contributed by atoms with van der Waals surface area (Å²) in [5.41, 5.74) is 3.31. The molecule has 0 saturated carbocycles. The van der Waals surface area contributed by atoms with Crippen molar-refractivity contribution < 1.29 is 14.3 Å². The average molecular weight is 421 g/mol. The van der Waals surface area contributed by atoms with Gasteiger partial charge in [0.05, 0.1) is 13.1 Å². The number of nitrogens with zero attached hydrogens (tertiary/aromatic N) is 3. The summed E-state index contributed by atoms with van der Waals surface area (Å²) in [6.07, 6.45) is 4.44. The number of pyridine rings is 1. The topological polar surface area (TPSA) is 74.8 Å². The molecule has 162 valence electrons. The molecule has 3 aliphatic heterocycles. The maximum atomic E-state index is 12.9. The van der Waals surface area contributed by atoms with Gasteiger partial charge < -0.3 is 19.9 Å². The zero-order valence-corrected chi connectivity index (χ0v) is 17.8. The van der Waals surface area contributed by atoms with Crippen molar-refractivity contribution in [1.29, 1.82) is 0 Å². The molecule has 0 radical (unpaired) electrons. The molecule has 31 heavy (non-hydrogen) atoms. The number of carbonyl (C=O) groups is 2. The van der Waals surface area contributed by atoms with E-state index in [9.17, 15) is 9.59 Å². The highest BCUT2D eigenvalue weighted by Gasteiger charge is 2.38. The van der Waals surface area contributed by atoms with Gasteiger partial charge in [0.1, 0.15) is 12.1 Å². The average Bonchev–Trinajstić information content (AvgIpc) is 3.20. The molecule has 7 heteroatoms. The van der Waals surface area contributed by atoms with Gasteiger partial charge >= 0.3 is 0 Å². The van der Waals surface area contributed by atoms with Crippen molar-refractivity contribution in [3.8, 4) is 5.88 Å². The highest BCUT2D eigenvalue weighted by molar-refractivity contribution is 5.88. The molecular formula is C24H28N4O3. The number of fused-ring (bicyclic) bond motifs is 1. The molecule has 0 spiro atoms. The van der Waals surface area contributed by atoms with E-state index in [2.05, 4.69) is 22.4 Å². The van der Waals surface area contributed by atoms with Crippen molar-refractivity contribution in [2.45, 2.75) is 44.2 Å². The van der Waals surface area contributed by atoms with Crippen LogP contribution in [0.3, 0.4) is 0 Å². The van der Waals surface area contributed by atoms with Crippen molar-refractivity contribution in [1.82, 2.24) is 14.8 Å². The number of hydrogen-bond acceptors (Lipinski definition) is 5. The van der Waals surface area contributed by atoms with Crippen LogP contribution in [0.2, 0.25) is 0 Å². The van der Waals surface area contributed by atoms with Crippen LogP contribution in [0.5, 0.6) is 5.88 Å². The van der Waals surface area contributed by atoms with Crippen molar-refractivity contribution in [3.05, 3.63) is 53.7 Å². The van der Waals surface area contributed by atoms with Gasteiger partial charge in [-0.25, -0.2) is 4.98 Å². The minimum atomic E-state index is -0.191. The van der Waals surface area contributed by atoms with Crippen LogP contribution in [0.4, 0.5) is 5.69 Å². The first-order valence-electron chi connectivity index (χ1n) is 11.1. The quantitative estimate of drug-likeness (QED) is 0.822. The molecule has 1 aromatic carbocycles. The largest absolute Gasteiger partial charge is 0.470 e. The second-order valence-electron chi connectivity index (χ2n) is 8.74. The lowest BCUT2D eigenvalue weighted by molar-refractivity contribution is -0.140. The summed E-state index contributed by atoms with van der Waals surface area (Å²) in [6.45, 7) is 4.31. The Kier molecular flexibility index (Phi) is 5.26. The minimum Gasteiger partial charge on any atom is -0.470 e. The molecule has 0 aliphatic carbocycles. The fourth-order valence-corrected chi connectivity index (χ4v) is 4.85. The molecule has 4 heterocycles. The van der Waals surface area contributed by atoms with Gasteiger partial charge in [-0.05, 0) is 30.5 Å². The first-order chi connectivity index (χ1) is 15.1. The highest BCUT2D eigenvalue weighted by atomic mass is 16.5. The number of piperidine rings is 1. The number of ether oxygens (including phenoxy) is 1. The summed E-state index contributed by atoms with van der Waals surface area (Å²) in [6, 6.07) is 11.9. The number of aromatic nitrogens is 1. The van der Waals surface area contributed by atoms with Crippen LogP contribution in [0, 0.1) is 0 Å². The number of benzene rings is 1. The normalized spacial score (nSPS) is 23.0. The number of amides is 2. The van der Waals surface area contributed by atoms with E-state index in [1.165, 1.54) is 5.56 Å². The molecule has 1 aromatic heterocycles. The molecule has 3 aliphatic rings. The number of carbonyl (C=O) groups excluding carboxylic acids is 2. The number of likely N-dealkylation sites (tertiary alicyclic amines) is 2. The van der Waals surface area contributed by atoms with E-state index >= 15 is 0 Å². The van der Waals surface area contributed by atoms with Crippen molar-refractivity contribution in [3.63, 3.8) is 0 Å². The number of para-hydroxylation sites is 1. The van der Waals surface area contributed by atoms with E-state index in [0.29, 0.717) is 25.5 Å². The smallest absolute Gasteiger partial charge is 0.245 e. The van der Waals surface area contributed by atoms with Gasteiger partial charge in [0.2, 0.25) is 17.7 Å². The van der Waals surface area contributed by atoms with Crippen LogP contribution >= 0.6 is 0 Å². The lowest BCUT2D eigenvalue weighted by atomic mass is 9.91. The fraction of sp³-hybridized carbons (Fsp3) is 0.458. The summed E-state index contributed by atoms with van der Waals surface area (Å²) in [4.78, 5) is 32.9. The zero-order chi connectivity index (χ0) is 21.4. The molecule has 1 unspecified atom stereocenters. The molecule has 2 atom stereocenters. The molecular weight excluding hydrogens is 392 g/mol. The van der Waals surface area contributed by atoms with Crippen molar-refractivity contribution in [2.75, 3.05) is 31.5 Å². The first kappa shape index (κ1) is 19.8. The molecule has 2 saturated heterocycles. The third-order valence-corrected chi connectivity index (χ3v) is 6.61. The number of anilines is 1. The zero-order valence-electron chi connectivity index (χ0n) is 17.8. The van der Waals surface area contributed by atoms with E-state index in [1.807, 2.05) is 34.1 Å². The molecule has 2 fully saturated rings. The third-order valence-electron chi connectivity index (χ3n) is 6.61. The first-order valence-corrected chi connectivity index (χ1v) is 11.1. The number of rotatable bonds is 4. The molecule has 5 rings (SSSR count). The maximum Gasteiger partial charge on any atom is 0.245 e. The Morgan fingerprint density at radius 2 is 1.94 bits per heavy atom. The second kappa shape index (κ2) is 8.21. The molecule has 7 nitrogen and oxygen atoms in total. The Morgan fingerprint density at radius 3 is 2.74 bits per heavy atom. The van der Waals surface area contributed by atoms with Crippen LogP contribution in [-0.4, -0.2) is 64.9 Å². The molecule has 1 N–H and O–H groups in total. The van der Waals surface area contributed by atoms with Gasteiger partial charge in [-0.1, -0.05) is 24.3 Å². The highest BCUT2D eigenvalue weighted by Crippen LogP contribution is 2.33. The van der Waals surface area contributed by atoms with Crippen molar-refractivity contribution >= 4 is 17.5 Å². The number of nitrogens with one attached hydrogen (secondary N) is 1. The Balaban J connectivity index is 1.18. The monoisotopic (exact) mass is 420 g/mol. The Labute approximate surface area is 182 Å². The fourth-order valence-electron chi connectivity index (χ4n) is 4.85. The van der Waals surface area contributed by atoms with Crippen LogP contribution in [0.25, 0.3) is 0 Å². The van der Waals surface area contributed by atoms with E-state index in [-0.39, 0.29) is 29.9 Å². The van der Waals surface area contributed by atoms with E-state index in [0.717, 1.165) is 37.1 Å². The van der Waals surface area contributed by atoms with Gasteiger partial charge in [0, 0.05) is 49.8 Å². The van der Waals surface area contributed by atoms with E-state index < -0.39 is 0 Å². The summed E-state index contributed by atoms with van der Waals surface area (Å²) in [5, 5.41) is 3.34.